The molecule has 0 aromatic carbocycles. The first-order chi connectivity index (χ1) is 10.4. The Hall–Kier alpha value is -1.26. The third kappa shape index (κ3) is 5.40. The second kappa shape index (κ2) is 7.10. The van der Waals surface area contributed by atoms with Gasteiger partial charge in [-0.3, -0.25) is 4.79 Å². The summed E-state index contributed by atoms with van der Waals surface area (Å²) in [5.41, 5.74) is -1.42. The fourth-order valence-corrected chi connectivity index (χ4v) is 2.14. The highest BCUT2D eigenvalue weighted by Crippen LogP contribution is 2.31. The predicted molar refractivity (Wildman–Crippen MR) is 90.2 cm³/mol. The average molecular weight is 327 g/mol. The first kappa shape index (κ1) is 19.8. The van der Waals surface area contributed by atoms with Gasteiger partial charge in [0.1, 0.15) is 11.2 Å². The molecule has 1 aliphatic rings. The summed E-state index contributed by atoms with van der Waals surface area (Å²) in [6, 6.07) is 0. The van der Waals surface area contributed by atoms with Crippen molar-refractivity contribution in [1.29, 1.82) is 0 Å². The van der Waals surface area contributed by atoms with Crippen molar-refractivity contribution < 1.29 is 19.1 Å². The van der Waals surface area contributed by atoms with Crippen molar-refractivity contribution in [3.05, 3.63) is 0 Å². The van der Waals surface area contributed by atoms with Crippen LogP contribution in [-0.2, 0) is 14.3 Å². The lowest BCUT2D eigenvalue weighted by atomic mass is 9.88. The summed E-state index contributed by atoms with van der Waals surface area (Å²) in [6.45, 7) is 14.7. The van der Waals surface area contributed by atoms with Crippen molar-refractivity contribution >= 4 is 12.1 Å². The molecular formula is C18H33NO4. The van der Waals surface area contributed by atoms with Crippen LogP contribution in [0.2, 0.25) is 0 Å². The molecule has 0 bridgehead atoms. The molecule has 1 rings (SSSR count). The zero-order chi connectivity index (χ0) is 17.9. The minimum Gasteiger partial charge on any atom is -0.459 e. The van der Waals surface area contributed by atoms with E-state index in [1.807, 2.05) is 48.5 Å². The Bertz CT molecular complexity index is 434. The van der Waals surface area contributed by atoms with Crippen molar-refractivity contribution in [2.24, 2.45) is 5.41 Å². The van der Waals surface area contributed by atoms with E-state index in [9.17, 15) is 9.59 Å². The van der Waals surface area contributed by atoms with Crippen LogP contribution in [0.25, 0.3) is 0 Å². The van der Waals surface area contributed by atoms with Crippen LogP contribution in [0.3, 0.4) is 0 Å². The number of likely N-dealkylation sites (tertiary alicyclic amines) is 1. The summed E-state index contributed by atoms with van der Waals surface area (Å²) < 4.78 is 11.3. The van der Waals surface area contributed by atoms with Crippen molar-refractivity contribution in [2.45, 2.75) is 85.4 Å². The number of ether oxygens (including phenoxy) is 2. The van der Waals surface area contributed by atoms with Gasteiger partial charge >= 0.3 is 12.1 Å². The number of amides is 1. The van der Waals surface area contributed by atoms with Crippen molar-refractivity contribution in [3.63, 3.8) is 0 Å². The number of piperidine rings is 1. The second-order valence-corrected chi connectivity index (χ2v) is 8.05. The maximum absolute atomic E-state index is 12.3. The van der Waals surface area contributed by atoms with E-state index in [2.05, 4.69) is 0 Å². The van der Waals surface area contributed by atoms with Crippen LogP contribution in [0, 0.1) is 5.41 Å². The first-order valence-corrected chi connectivity index (χ1v) is 8.66. The normalized spacial score (nSPS) is 18.5. The summed E-state index contributed by atoms with van der Waals surface area (Å²) in [4.78, 5) is 26.2. The lowest BCUT2D eigenvalue weighted by molar-refractivity contribution is -0.173. The van der Waals surface area contributed by atoms with Crippen LogP contribution < -0.4 is 0 Å². The smallest absolute Gasteiger partial charge is 0.410 e. The van der Waals surface area contributed by atoms with E-state index in [0.29, 0.717) is 25.9 Å². The molecule has 1 saturated heterocycles. The van der Waals surface area contributed by atoms with Gasteiger partial charge in [-0.2, -0.15) is 0 Å². The van der Waals surface area contributed by atoms with E-state index >= 15 is 0 Å². The summed E-state index contributed by atoms with van der Waals surface area (Å²) in [7, 11) is 0. The van der Waals surface area contributed by atoms with E-state index in [0.717, 1.165) is 12.8 Å². The number of carbonyl (C=O) groups is 2. The molecule has 0 N–H and O–H groups in total. The van der Waals surface area contributed by atoms with E-state index in [-0.39, 0.29) is 12.1 Å². The molecule has 5 heteroatoms. The monoisotopic (exact) mass is 327 g/mol. The minimum atomic E-state index is -0.499. The van der Waals surface area contributed by atoms with Crippen molar-refractivity contribution in [2.75, 3.05) is 13.1 Å². The second-order valence-electron chi connectivity index (χ2n) is 8.05. The third-order valence-electron chi connectivity index (χ3n) is 5.07. The SMILES string of the molecule is CCC(C)(C)OC(=O)N1CCC(C)(OC(=O)C(C)(C)CC)CC1. The van der Waals surface area contributed by atoms with Gasteiger partial charge in [0.25, 0.3) is 0 Å². The number of nitrogens with zero attached hydrogens (tertiary/aromatic N) is 1. The summed E-state index contributed by atoms with van der Waals surface area (Å²) in [6.07, 6.45) is 2.51. The average Bonchev–Trinajstić information content (AvgIpc) is 2.47. The van der Waals surface area contributed by atoms with Crippen LogP contribution >= 0.6 is 0 Å². The Labute approximate surface area is 140 Å². The van der Waals surface area contributed by atoms with Gasteiger partial charge in [-0.15, -0.1) is 0 Å². The molecule has 0 radical (unpaired) electrons. The predicted octanol–water partition coefficient (Wildman–Crippen LogP) is 4.15. The molecular weight excluding hydrogens is 294 g/mol. The van der Waals surface area contributed by atoms with Gasteiger partial charge in [0, 0.05) is 25.9 Å². The third-order valence-corrected chi connectivity index (χ3v) is 5.07. The minimum absolute atomic E-state index is 0.161. The van der Waals surface area contributed by atoms with Gasteiger partial charge in [-0.25, -0.2) is 4.79 Å². The maximum Gasteiger partial charge on any atom is 0.410 e. The fourth-order valence-electron chi connectivity index (χ4n) is 2.14. The summed E-state index contributed by atoms with van der Waals surface area (Å²) >= 11 is 0. The van der Waals surface area contributed by atoms with Crippen LogP contribution in [-0.4, -0.2) is 41.3 Å². The van der Waals surface area contributed by atoms with Crippen LogP contribution in [0.1, 0.15) is 74.1 Å². The molecule has 0 unspecified atom stereocenters. The van der Waals surface area contributed by atoms with Gasteiger partial charge in [-0.05, 0) is 47.5 Å². The Morgan fingerprint density at radius 1 is 1.04 bits per heavy atom. The molecule has 1 aliphatic heterocycles. The van der Waals surface area contributed by atoms with Gasteiger partial charge in [0.2, 0.25) is 0 Å². The Kier molecular flexibility index (Phi) is 6.11. The molecule has 0 aliphatic carbocycles. The molecule has 5 nitrogen and oxygen atoms in total. The summed E-state index contributed by atoms with van der Waals surface area (Å²) in [5.74, 6) is -0.161. The molecule has 0 aromatic heterocycles. The molecule has 0 aromatic rings. The van der Waals surface area contributed by atoms with Crippen molar-refractivity contribution in [3.8, 4) is 0 Å². The topological polar surface area (TPSA) is 55.8 Å². The molecule has 0 spiro atoms. The largest absolute Gasteiger partial charge is 0.459 e. The zero-order valence-corrected chi connectivity index (χ0v) is 15.8. The standard InChI is InChI=1S/C18H33NO4/c1-8-16(3,4)14(20)22-18(7)10-12-19(13-11-18)15(21)23-17(5,6)9-2/h8-13H2,1-7H3. The molecule has 0 atom stereocenters. The van der Waals surface area contributed by atoms with Gasteiger partial charge in [0.15, 0.2) is 0 Å². The fraction of sp³-hybridized carbons (Fsp3) is 0.889. The van der Waals surface area contributed by atoms with Crippen LogP contribution in [0.4, 0.5) is 4.79 Å². The summed E-state index contributed by atoms with van der Waals surface area (Å²) in [5, 5.41) is 0. The van der Waals surface area contributed by atoms with Gasteiger partial charge in [0.05, 0.1) is 5.41 Å². The van der Waals surface area contributed by atoms with E-state index in [4.69, 9.17) is 9.47 Å². The Morgan fingerprint density at radius 2 is 1.57 bits per heavy atom. The van der Waals surface area contributed by atoms with Crippen molar-refractivity contribution in [1.82, 2.24) is 4.90 Å². The lowest BCUT2D eigenvalue weighted by Crippen LogP contribution is -2.49. The number of hydrogen-bond acceptors (Lipinski definition) is 4. The van der Waals surface area contributed by atoms with Gasteiger partial charge < -0.3 is 14.4 Å². The van der Waals surface area contributed by atoms with Crippen LogP contribution in [0.5, 0.6) is 0 Å². The molecule has 1 fully saturated rings. The van der Waals surface area contributed by atoms with Crippen LogP contribution in [0.15, 0.2) is 0 Å². The molecule has 1 amide bonds. The van der Waals surface area contributed by atoms with E-state index in [1.165, 1.54) is 0 Å². The first-order valence-electron chi connectivity index (χ1n) is 8.66. The number of rotatable bonds is 5. The Morgan fingerprint density at radius 3 is 2.00 bits per heavy atom. The molecule has 134 valence electrons. The highest BCUT2D eigenvalue weighted by atomic mass is 16.6. The lowest BCUT2D eigenvalue weighted by Gasteiger charge is -2.40. The number of carbonyl (C=O) groups excluding carboxylic acids is 2. The Balaban J connectivity index is 2.57. The quantitative estimate of drug-likeness (QED) is 0.712. The molecule has 0 saturated carbocycles. The molecule has 23 heavy (non-hydrogen) atoms. The van der Waals surface area contributed by atoms with Gasteiger partial charge in [-0.1, -0.05) is 13.8 Å². The number of esters is 1. The number of hydrogen-bond donors (Lipinski definition) is 0. The van der Waals surface area contributed by atoms with E-state index < -0.39 is 16.6 Å². The van der Waals surface area contributed by atoms with E-state index in [1.54, 1.807) is 4.90 Å². The maximum atomic E-state index is 12.3. The molecule has 1 heterocycles. The zero-order valence-electron chi connectivity index (χ0n) is 15.8. The highest BCUT2D eigenvalue weighted by molar-refractivity contribution is 5.76. The highest BCUT2D eigenvalue weighted by Gasteiger charge is 2.39.